The van der Waals surface area contributed by atoms with E-state index in [1.54, 1.807) is 11.8 Å². The summed E-state index contributed by atoms with van der Waals surface area (Å²) in [5.41, 5.74) is 2.18. The molecular weight excluding hydrogens is 259 g/mol. The van der Waals surface area contributed by atoms with Crippen LogP contribution in [0.4, 0.5) is 10.1 Å². The van der Waals surface area contributed by atoms with E-state index in [1.165, 1.54) is 37.8 Å². The molecule has 0 radical (unpaired) electrons. The highest BCUT2D eigenvalue weighted by Gasteiger charge is 2.36. The summed E-state index contributed by atoms with van der Waals surface area (Å²) in [4.78, 5) is 4.67. The van der Waals surface area contributed by atoms with Crippen molar-refractivity contribution in [3.8, 4) is 0 Å². The third-order valence-electron chi connectivity index (χ3n) is 4.03. The summed E-state index contributed by atoms with van der Waals surface area (Å²) >= 11 is 1.78. The van der Waals surface area contributed by atoms with Gasteiger partial charge in [-0.1, -0.05) is 24.6 Å². The van der Waals surface area contributed by atoms with Gasteiger partial charge < -0.3 is 5.32 Å². The summed E-state index contributed by atoms with van der Waals surface area (Å²) in [5.74, 6) is 0.948. The highest BCUT2D eigenvalue weighted by molar-refractivity contribution is 8.14. The van der Waals surface area contributed by atoms with Gasteiger partial charge in [0, 0.05) is 18.0 Å². The maximum absolute atomic E-state index is 13.3. The summed E-state index contributed by atoms with van der Waals surface area (Å²) < 4.78 is 13.3. The number of aliphatic imine (C=N–C) groups is 1. The smallest absolute Gasteiger partial charge is 0.161 e. The molecule has 4 heteroatoms. The Bertz CT molecular complexity index is 487. The molecule has 3 rings (SSSR count). The lowest BCUT2D eigenvalue weighted by atomic mass is 9.89. The van der Waals surface area contributed by atoms with E-state index in [0.29, 0.717) is 5.41 Å². The van der Waals surface area contributed by atoms with Gasteiger partial charge >= 0.3 is 0 Å². The summed E-state index contributed by atoms with van der Waals surface area (Å²) in [7, 11) is 0. The molecule has 0 aromatic heterocycles. The lowest BCUT2D eigenvalue weighted by Crippen LogP contribution is -2.30. The highest BCUT2D eigenvalue weighted by Crippen LogP contribution is 2.43. The van der Waals surface area contributed by atoms with Crippen molar-refractivity contribution < 1.29 is 4.39 Å². The molecule has 0 bridgehead atoms. The Morgan fingerprint density at radius 3 is 2.68 bits per heavy atom. The number of nitrogens with one attached hydrogen (secondary N) is 1. The van der Waals surface area contributed by atoms with Gasteiger partial charge in [-0.15, -0.1) is 0 Å². The molecular formula is C15H19FN2S. The second-order valence-corrected chi connectivity index (χ2v) is 6.72. The fourth-order valence-corrected chi connectivity index (χ4v) is 4.16. The van der Waals surface area contributed by atoms with Gasteiger partial charge in [0.25, 0.3) is 0 Å². The zero-order valence-corrected chi connectivity index (χ0v) is 12.0. The summed E-state index contributed by atoms with van der Waals surface area (Å²) in [6, 6.07) is 5.01. The number of anilines is 1. The Kier molecular flexibility index (Phi) is 3.52. The topological polar surface area (TPSA) is 24.4 Å². The van der Waals surface area contributed by atoms with Crippen LogP contribution < -0.4 is 5.32 Å². The first-order valence-corrected chi connectivity index (χ1v) is 7.85. The van der Waals surface area contributed by atoms with Crippen LogP contribution >= 0.6 is 11.8 Å². The molecule has 1 aromatic rings. The van der Waals surface area contributed by atoms with Crippen molar-refractivity contribution in [1.29, 1.82) is 0 Å². The van der Waals surface area contributed by atoms with E-state index in [4.69, 9.17) is 0 Å². The quantitative estimate of drug-likeness (QED) is 0.832. The molecule has 1 aromatic carbocycles. The molecule has 1 aliphatic heterocycles. The number of thioether (sulfide) groups is 1. The van der Waals surface area contributed by atoms with Crippen LogP contribution in [0, 0.1) is 18.2 Å². The normalized spacial score (nSPS) is 21.5. The third kappa shape index (κ3) is 2.94. The maximum Gasteiger partial charge on any atom is 0.161 e. The SMILES string of the molecule is Cc1cc(F)cc(NC2=NCC3(CCCC3)CS2)c1. The van der Waals surface area contributed by atoms with Crippen LogP contribution in [-0.4, -0.2) is 17.5 Å². The van der Waals surface area contributed by atoms with Crippen LogP contribution in [0.1, 0.15) is 31.2 Å². The number of hydrogen-bond donors (Lipinski definition) is 1. The van der Waals surface area contributed by atoms with Gasteiger partial charge in [0.05, 0.1) is 0 Å². The minimum Gasteiger partial charge on any atom is -0.335 e. The minimum atomic E-state index is -0.198. The van der Waals surface area contributed by atoms with Crippen molar-refractivity contribution in [2.24, 2.45) is 10.4 Å². The van der Waals surface area contributed by atoms with E-state index < -0.39 is 0 Å². The van der Waals surface area contributed by atoms with Crippen molar-refractivity contribution in [3.63, 3.8) is 0 Å². The van der Waals surface area contributed by atoms with Crippen LogP contribution in [0.3, 0.4) is 0 Å². The van der Waals surface area contributed by atoms with E-state index in [1.807, 2.05) is 13.0 Å². The minimum absolute atomic E-state index is 0.198. The fraction of sp³-hybridized carbons (Fsp3) is 0.533. The van der Waals surface area contributed by atoms with E-state index in [9.17, 15) is 4.39 Å². The molecule has 1 fully saturated rings. The number of halogens is 1. The number of rotatable bonds is 1. The standard InChI is InChI=1S/C15H19FN2S/c1-11-6-12(16)8-13(7-11)18-14-17-9-15(10-19-14)4-2-3-5-15/h6-8H,2-5,9-10H2,1H3,(H,17,18). The lowest BCUT2D eigenvalue weighted by molar-refractivity contribution is 0.359. The molecule has 0 amide bonds. The van der Waals surface area contributed by atoms with E-state index >= 15 is 0 Å². The predicted molar refractivity (Wildman–Crippen MR) is 80.4 cm³/mol. The molecule has 0 unspecified atom stereocenters. The maximum atomic E-state index is 13.3. The van der Waals surface area contributed by atoms with Gasteiger partial charge in [0.1, 0.15) is 5.82 Å². The van der Waals surface area contributed by atoms with Crippen molar-refractivity contribution in [1.82, 2.24) is 0 Å². The van der Waals surface area contributed by atoms with Crippen LogP contribution in [0.5, 0.6) is 0 Å². The lowest BCUT2D eigenvalue weighted by Gasteiger charge is -2.31. The molecule has 1 spiro atoms. The Hall–Kier alpha value is -1.03. The Morgan fingerprint density at radius 1 is 1.26 bits per heavy atom. The molecule has 19 heavy (non-hydrogen) atoms. The molecule has 102 valence electrons. The van der Waals surface area contributed by atoms with Crippen molar-refractivity contribution in [3.05, 3.63) is 29.6 Å². The number of hydrogen-bond acceptors (Lipinski definition) is 3. The summed E-state index contributed by atoms with van der Waals surface area (Å²) in [6.45, 7) is 2.83. The first kappa shape index (κ1) is 13.0. The molecule has 1 saturated carbocycles. The van der Waals surface area contributed by atoms with Crippen LogP contribution in [0.25, 0.3) is 0 Å². The molecule has 1 aliphatic carbocycles. The molecule has 2 aliphatic rings. The highest BCUT2D eigenvalue weighted by atomic mass is 32.2. The van der Waals surface area contributed by atoms with Gasteiger partial charge in [-0.25, -0.2) is 4.39 Å². The molecule has 2 nitrogen and oxygen atoms in total. The number of benzene rings is 1. The van der Waals surface area contributed by atoms with Crippen LogP contribution in [-0.2, 0) is 0 Å². The van der Waals surface area contributed by atoms with E-state index in [0.717, 1.165) is 28.7 Å². The molecule has 0 atom stereocenters. The largest absolute Gasteiger partial charge is 0.335 e. The van der Waals surface area contributed by atoms with Gasteiger partial charge in [-0.05, 0) is 48.9 Å². The average Bonchev–Trinajstić information content (AvgIpc) is 2.80. The summed E-state index contributed by atoms with van der Waals surface area (Å²) in [5, 5.41) is 4.17. The molecule has 1 N–H and O–H groups in total. The average molecular weight is 278 g/mol. The Morgan fingerprint density at radius 2 is 2.05 bits per heavy atom. The van der Waals surface area contributed by atoms with Crippen LogP contribution in [0.2, 0.25) is 0 Å². The monoisotopic (exact) mass is 278 g/mol. The molecule has 0 saturated heterocycles. The first-order valence-electron chi connectivity index (χ1n) is 6.87. The predicted octanol–water partition coefficient (Wildman–Crippen LogP) is 4.21. The third-order valence-corrected chi connectivity index (χ3v) is 5.29. The second-order valence-electron chi connectivity index (χ2n) is 5.76. The van der Waals surface area contributed by atoms with Crippen LogP contribution in [0.15, 0.2) is 23.2 Å². The Balaban J connectivity index is 1.69. The van der Waals surface area contributed by atoms with Crippen molar-refractivity contribution >= 4 is 22.6 Å². The van der Waals surface area contributed by atoms with Gasteiger partial charge in [-0.3, -0.25) is 4.99 Å². The van der Waals surface area contributed by atoms with Gasteiger partial charge in [0.15, 0.2) is 5.17 Å². The van der Waals surface area contributed by atoms with E-state index in [-0.39, 0.29) is 5.82 Å². The first-order chi connectivity index (χ1) is 9.15. The fourth-order valence-electron chi connectivity index (χ4n) is 2.99. The number of amidine groups is 1. The zero-order valence-electron chi connectivity index (χ0n) is 11.2. The number of nitrogens with zero attached hydrogens (tertiary/aromatic N) is 1. The van der Waals surface area contributed by atoms with Crippen molar-refractivity contribution in [2.45, 2.75) is 32.6 Å². The van der Waals surface area contributed by atoms with Crippen molar-refractivity contribution in [2.75, 3.05) is 17.6 Å². The van der Waals surface area contributed by atoms with Gasteiger partial charge in [0.2, 0.25) is 0 Å². The second kappa shape index (κ2) is 5.16. The summed E-state index contributed by atoms with van der Waals surface area (Å²) in [6.07, 6.45) is 5.33. The van der Waals surface area contributed by atoms with Gasteiger partial charge in [-0.2, -0.15) is 0 Å². The van der Waals surface area contributed by atoms with E-state index in [2.05, 4.69) is 10.3 Å². The zero-order chi connectivity index (χ0) is 13.3. The Labute approximate surface area is 117 Å². The number of aryl methyl sites for hydroxylation is 1. The molecule has 1 heterocycles.